The predicted octanol–water partition coefficient (Wildman–Crippen LogP) is 1.39. The Morgan fingerprint density at radius 3 is 2.69 bits per heavy atom. The van der Waals surface area contributed by atoms with Crippen LogP contribution < -0.4 is 0 Å². The SMILES string of the molecule is COC(=O)c1cc(F)c([N+](=O)[O-])cc1C#N. The molecule has 0 heterocycles. The number of nitriles is 1. The van der Waals surface area contributed by atoms with Gasteiger partial charge in [-0.3, -0.25) is 10.1 Å². The van der Waals surface area contributed by atoms with Crippen molar-refractivity contribution in [1.82, 2.24) is 0 Å². The van der Waals surface area contributed by atoms with Crippen molar-refractivity contribution < 1.29 is 18.8 Å². The fourth-order valence-electron chi connectivity index (χ4n) is 1.07. The summed E-state index contributed by atoms with van der Waals surface area (Å²) in [5, 5.41) is 19.0. The monoisotopic (exact) mass is 224 g/mol. The minimum Gasteiger partial charge on any atom is -0.465 e. The molecule has 0 bridgehead atoms. The van der Waals surface area contributed by atoms with E-state index in [4.69, 9.17) is 5.26 Å². The summed E-state index contributed by atoms with van der Waals surface area (Å²) in [5.41, 5.74) is -1.50. The highest BCUT2D eigenvalue weighted by Crippen LogP contribution is 2.22. The Morgan fingerprint density at radius 2 is 2.25 bits per heavy atom. The lowest BCUT2D eigenvalue weighted by Gasteiger charge is -2.02. The normalized spacial score (nSPS) is 9.31. The van der Waals surface area contributed by atoms with Crippen LogP contribution in [0.3, 0.4) is 0 Å². The van der Waals surface area contributed by atoms with Gasteiger partial charge in [0.1, 0.15) is 6.07 Å². The van der Waals surface area contributed by atoms with Crippen LogP contribution in [0.2, 0.25) is 0 Å². The topological polar surface area (TPSA) is 93.2 Å². The number of hydrogen-bond donors (Lipinski definition) is 0. The number of esters is 1. The molecule has 0 atom stereocenters. The zero-order valence-electron chi connectivity index (χ0n) is 8.06. The molecule has 1 rings (SSSR count). The molecule has 0 aliphatic rings. The summed E-state index contributed by atoms with van der Waals surface area (Å²) in [6.07, 6.45) is 0. The Bertz CT molecular complexity index is 507. The third-order valence-electron chi connectivity index (χ3n) is 1.81. The average molecular weight is 224 g/mol. The van der Waals surface area contributed by atoms with E-state index in [-0.39, 0.29) is 11.1 Å². The van der Waals surface area contributed by atoms with Crippen LogP contribution in [0.1, 0.15) is 15.9 Å². The van der Waals surface area contributed by atoms with Crippen LogP contribution >= 0.6 is 0 Å². The summed E-state index contributed by atoms with van der Waals surface area (Å²) >= 11 is 0. The smallest absolute Gasteiger partial charge is 0.339 e. The lowest BCUT2D eigenvalue weighted by atomic mass is 10.1. The first kappa shape index (κ1) is 11.6. The quantitative estimate of drug-likeness (QED) is 0.430. The molecule has 1 aromatic rings. The number of nitro benzene ring substituents is 1. The molecule has 0 amide bonds. The fourth-order valence-corrected chi connectivity index (χ4v) is 1.07. The van der Waals surface area contributed by atoms with Gasteiger partial charge in [-0.25, -0.2) is 4.79 Å². The van der Waals surface area contributed by atoms with Gasteiger partial charge < -0.3 is 4.74 Å². The number of carbonyl (C=O) groups is 1. The minimum atomic E-state index is -1.19. The molecule has 0 aliphatic heterocycles. The number of carbonyl (C=O) groups excluding carboxylic acids is 1. The van der Waals surface area contributed by atoms with Crippen molar-refractivity contribution in [3.63, 3.8) is 0 Å². The van der Waals surface area contributed by atoms with Crippen LogP contribution in [0.25, 0.3) is 0 Å². The number of hydrogen-bond acceptors (Lipinski definition) is 5. The molecule has 6 nitrogen and oxygen atoms in total. The van der Waals surface area contributed by atoms with E-state index in [9.17, 15) is 19.3 Å². The summed E-state index contributed by atoms with van der Waals surface area (Å²) in [4.78, 5) is 20.5. The first-order valence-corrected chi connectivity index (χ1v) is 3.97. The van der Waals surface area contributed by atoms with Gasteiger partial charge in [0, 0.05) is 6.07 Å². The molecule has 1 aromatic carbocycles. The molecule has 0 saturated heterocycles. The number of halogens is 1. The van der Waals surface area contributed by atoms with Crippen LogP contribution in [-0.4, -0.2) is 18.0 Å². The lowest BCUT2D eigenvalue weighted by molar-refractivity contribution is -0.387. The van der Waals surface area contributed by atoms with E-state index in [1.54, 1.807) is 6.07 Å². The number of nitrogens with zero attached hydrogens (tertiary/aromatic N) is 2. The predicted molar refractivity (Wildman–Crippen MR) is 49.1 cm³/mol. The second-order valence-corrected chi connectivity index (χ2v) is 2.71. The van der Waals surface area contributed by atoms with Crippen molar-refractivity contribution in [2.75, 3.05) is 7.11 Å². The maximum atomic E-state index is 13.2. The summed E-state index contributed by atoms with van der Waals surface area (Å²) in [6, 6.07) is 2.87. The second kappa shape index (κ2) is 4.35. The van der Waals surface area contributed by atoms with Crippen LogP contribution in [0.5, 0.6) is 0 Å². The molecular formula is C9H5FN2O4. The third-order valence-corrected chi connectivity index (χ3v) is 1.81. The standard InChI is InChI=1S/C9H5FN2O4/c1-16-9(13)6-3-7(10)8(12(14)15)2-5(6)4-11/h2-3H,1H3. The van der Waals surface area contributed by atoms with Gasteiger partial charge in [0.25, 0.3) is 0 Å². The summed E-state index contributed by atoms with van der Waals surface area (Å²) in [5.74, 6) is -2.12. The van der Waals surface area contributed by atoms with Gasteiger partial charge in [0.2, 0.25) is 5.82 Å². The molecule has 7 heteroatoms. The Balaban J connectivity index is 3.45. The van der Waals surface area contributed by atoms with Crippen molar-refractivity contribution in [3.8, 4) is 6.07 Å². The Morgan fingerprint density at radius 1 is 1.62 bits per heavy atom. The van der Waals surface area contributed by atoms with Crippen LogP contribution in [0, 0.1) is 27.3 Å². The number of methoxy groups -OCH3 is 1. The first-order valence-electron chi connectivity index (χ1n) is 3.97. The van der Waals surface area contributed by atoms with Gasteiger partial charge in [0.15, 0.2) is 0 Å². The van der Waals surface area contributed by atoms with Gasteiger partial charge >= 0.3 is 11.7 Å². The Kier molecular flexibility index (Phi) is 3.15. The van der Waals surface area contributed by atoms with Crippen LogP contribution in [-0.2, 0) is 4.74 Å². The van der Waals surface area contributed by atoms with Gasteiger partial charge in [-0.2, -0.15) is 9.65 Å². The van der Waals surface area contributed by atoms with E-state index in [1.807, 2.05) is 0 Å². The molecule has 0 fully saturated rings. The van der Waals surface area contributed by atoms with Crippen LogP contribution in [0.15, 0.2) is 12.1 Å². The molecule has 0 spiro atoms. The maximum absolute atomic E-state index is 13.2. The average Bonchev–Trinajstić information content (AvgIpc) is 2.27. The minimum absolute atomic E-state index is 0.306. The van der Waals surface area contributed by atoms with Gasteiger partial charge in [-0.15, -0.1) is 0 Å². The van der Waals surface area contributed by atoms with Crippen molar-refractivity contribution in [1.29, 1.82) is 5.26 Å². The molecule has 0 N–H and O–H groups in total. The largest absolute Gasteiger partial charge is 0.465 e. The van der Waals surface area contributed by atoms with Gasteiger partial charge in [-0.05, 0) is 6.07 Å². The van der Waals surface area contributed by atoms with Crippen LogP contribution in [0.4, 0.5) is 10.1 Å². The zero-order valence-corrected chi connectivity index (χ0v) is 8.06. The van der Waals surface area contributed by atoms with Gasteiger partial charge in [-0.1, -0.05) is 0 Å². The Hall–Kier alpha value is -2.49. The molecule has 0 aliphatic carbocycles. The molecular weight excluding hydrogens is 219 g/mol. The highest BCUT2D eigenvalue weighted by atomic mass is 19.1. The number of benzene rings is 1. The van der Waals surface area contributed by atoms with E-state index < -0.39 is 22.4 Å². The molecule has 0 unspecified atom stereocenters. The highest BCUT2D eigenvalue weighted by Gasteiger charge is 2.21. The number of nitro groups is 1. The van der Waals surface area contributed by atoms with E-state index in [1.165, 1.54) is 0 Å². The van der Waals surface area contributed by atoms with Crippen molar-refractivity contribution in [2.24, 2.45) is 0 Å². The van der Waals surface area contributed by atoms with Crippen molar-refractivity contribution in [3.05, 3.63) is 39.2 Å². The summed E-state index contributed by atoms with van der Waals surface area (Å²) in [6.45, 7) is 0. The molecule has 0 saturated carbocycles. The summed E-state index contributed by atoms with van der Waals surface area (Å²) in [7, 11) is 1.06. The highest BCUT2D eigenvalue weighted by molar-refractivity contribution is 5.92. The van der Waals surface area contributed by atoms with E-state index >= 15 is 0 Å². The maximum Gasteiger partial charge on any atom is 0.339 e. The fraction of sp³-hybridized carbons (Fsp3) is 0.111. The van der Waals surface area contributed by atoms with Crippen molar-refractivity contribution in [2.45, 2.75) is 0 Å². The molecule has 0 aromatic heterocycles. The van der Waals surface area contributed by atoms with E-state index in [2.05, 4.69) is 4.74 Å². The second-order valence-electron chi connectivity index (χ2n) is 2.71. The molecule has 16 heavy (non-hydrogen) atoms. The van der Waals surface area contributed by atoms with Gasteiger partial charge in [0.05, 0.1) is 23.2 Å². The van der Waals surface area contributed by atoms with E-state index in [0.29, 0.717) is 12.1 Å². The third kappa shape index (κ3) is 1.95. The molecule has 82 valence electrons. The van der Waals surface area contributed by atoms with Crippen molar-refractivity contribution >= 4 is 11.7 Å². The zero-order chi connectivity index (χ0) is 12.3. The number of rotatable bonds is 2. The first-order chi connectivity index (χ1) is 7.51. The summed E-state index contributed by atoms with van der Waals surface area (Å²) < 4.78 is 17.5. The lowest BCUT2D eigenvalue weighted by Crippen LogP contribution is -2.06. The number of ether oxygens (including phenoxy) is 1. The molecule has 0 radical (unpaired) electrons. The Labute approximate surface area is 89.0 Å². The van der Waals surface area contributed by atoms with E-state index in [0.717, 1.165) is 7.11 Å².